The number of aryl methyl sites for hydroxylation is 1. The predicted molar refractivity (Wildman–Crippen MR) is 56.9 cm³/mol. The Morgan fingerprint density at radius 2 is 1.54 bits per heavy atom. The summed E-state index contributed by atoms with van der Waals surface area (Å²) in [4.78, 5) is 0. The zero-order valence-electron chi connectivity index (χ0n) is 8.96. The zero-order chi connectivity index (χ0) is 9.64. The molecule has 2 rings (SSSR count). The van der Waals surface area contributed by atoms with E-state index in [0.717, 1.165) is 11.8 Å². The first-order valence-corrected chi connectivity index (χ1v) is 5.10. The van der Waals surface area contributed by atoms with Gasteiger partial charge < -0.3 is 0 Å². The Bertz CT molecular complexity index is 305. The Hall–Kier alpha value is -0.780. The molecule has 0 heteroatoms. The summed E-state index contributed by atoms with van der Waals surface area (Å²) in [5.41, 5.74) is 3.40. The highest BCUT2D eigenvalue weighted by Gasteiger charge is 2.54. The fraction of sp³-hybridized carbons (Fsp3) is 0.538. The second kappa shape index (κ2) is 2.60. The standard InChI is InChI=1S/C13H18/c1-9-5-7-11(8-6-9)12-10(2)13(12,3)4/h5-8,10,12H,1-4H3/t10-,12-/m0/s1. The first-order valence-electron chi connectivity index (χ1n) is 5.10. The monoisotopic (exact) mass is 174 g/mol. The minimum Gasteiger partial charge on any atom is -0.0614 e. The average Bonchev–Trinajstić information content (AvgIpc) is 2.55. The molecule has 0 spiro atoms. The van der Waals surface area contributed by atoms with Crippen LogP contribution in [0.15, 0.2) is 24.3 Å². The van der Waals surface area contributed by atoms with Crippen molar-refractivity contribution >= 4 is 0 Å². The molecule has 0 nitrogen and oxygen atoms in total. The summed E-state index contributed by atoms with van der Waals surface area (Å²) in [5.74, 6) is 1.63. The van der Waals surface area contributed by atoms with Crippen molar-refractivity contribution in [3.05, 3.63) is 35.4 Å². The molecule has 1 aromatic rings. The van der Waals surface area contributed by atoms with E-state index in [1.54, 1.807) is 0 Å². The molecule has 0 saturated heterocycles. The van der Waals surface area contributed by atoms with E-state index < -0.39 is 0 Å². The quantitative estimate of drug-likeness (QED) is 0.608. The molecule has 0 heterocycles. The van der Waals surface area contributed by atoms with Crippen molar-refractivity contribution in [2.24, 2.45) is 11.3 Å². The van der Waals surface area contributed by atoms with Crippen LogP contribution in [0.25, 0.3) is 0 Å². The molecule has 1 aromatic carbocycles. The first-order chi connectivity index (χ1) is 6.03. The highest BCUT2D eigenvalue weighted by molar-refractivity contribution is 5.32. The van der Waals surface area contributed by atoms with Crippen LogP contribution in [0, 0.1) is 18.3 Å². The van der Waals surface area contributed by atoms with E-state index in [0.29, 0.717) is 5.41 Å². The molecule has 0 radical (unpaired) electrons. The van der Waals surface area contributed by atoms with E-state index in [1.807, 2.05) is 0 Å². The lowest BCUT2D eigenvalue weighted by atomic mass is 10.0. The molecule has 0 bridgehead atoms. The number of hydrogen-bond donors (Lipinski definition) is 0. The molecule has 1 aliphatic carbocycles. The Morgan fingerprint density at radius 1 is 1.08 bits per heavy atom. The third-order valence-electron chi connectivity index (χ3n) is 3.80. The van der Waals surface area contributed by atoms with E-state index in [-0.39, 0.29) is 0 Å². The summed E-state index contributed by atoms with van der Waals surface area (Å²) >= 11 is 0. The van der Waals surface area contributed by atoms with Gasteiger partial charge in [-0.25, -0.2) is 0 Å². The largest absolute Gasteiger partial charge is 0.0614 e. The Labute approximate surface area is 81.0 Å². The minimum atomic E-state index is 0.523. The molecule has 0 aromatic heterocycles. The van der Waals surface area contributed by atoms with Crippen LogP contribution in [-0.2, 0) is 0 Å². The van der Waals surface area contributed by atoms with E-state index in [9.17, 15) is 0 Å². The van der Waals surface area contributed by atoms with Gasteiger partial charge in [-0.05, 0) is 29.7 Å². The predicted octanol–water partition coefficient (Wildman–Crippen LogP) is 3.75. The van der Waals surface area contributed by atoms with Gasteiger partial charge in [0.1, 0.15) is 0 Å². The molecule has 0 amide bonds. The molecule has 1 aliphatic rings. The number of benzene rings is 1. The molecule has 1 saturated carbocycles. The van der Waals surface area contributed by atoms with Gasteiger partial charge in [-0.1, -0.05) is 50.6 Å². The summed E-state index contributed by atoms with van der Waals surface area (Å²) in [5, 5.41) is 0. The Morgan fingerprint density at radius 3 is 1.92 bits per heavy atom. The topological polar surface area (TPSA) is 0 Å². The van der Waals surface area contributed by atoms with Crippen molar-refractivity contribution in [3.8, 4) is 0 Å². The van der Waals surface area contributed by atoms with E-state index in [1.165, 1.54) is 11.1 Å². The van der Waals surface area contributed by atoms with Crippen molar-refractivity contribution in [1.82, 2.24) is 0 Å². The van der Waals surface area contributed by atoms with Crippen LogP contribution < -0.4 is 0 Å². The van der Waals surface area contributed by atoms with Crippen molar-refractivity contribution in [2.75, 3.05) is 0 Å². The van der Waals surface area contributed by atoms with Gasteiger partial charge in [0, 0.05) is 0 Å². The summed E-state index contributed by atoms with van der Waals surface area (Å²) < 4.78 is 0. The fourth-order valence-electron chi connectivity index (χ4n) is 2.39. The van der Waals surface area contributed by atoms with Gasteiger partial charge >= 0.3 is 0 Å². The smallest absolute Gasteiger partial charge is 0.00768 e. The molecule has 0 aliphatic heterocycles. The second-order valence-electron chi connectivity index (χ2n) is 5.00. The maximum atomic E-state index is 2.36. The van der Waals surface area contributed by atoms with Crippen LogP contribution in [0.2, 0.25) is 0 Å². The van der Waals surface area contributed by atoms with Gasteiger partial charge in [-0.2, -0.15) is 0 Å². The normalized spacial score (nSPS) is 30.2. The third kappa shape index (κ3) is 1.29. The van der Waals surface area contributed by atoms with Gasteiger partial charge in [-0.3, -0.25) is 0 Å². The van der Waals surface area contributed by atoms with Crippen molar-refractivity contribution in [1.29, 1.82) is 0 Å². The summed E-state index contributed by atoms with van der Waals surface area (Å²) in [6.45, 7) is 9.22. The lowest BCUT2D eigenvalue weighted by molar-refractivity contribution is 0.575. The van der Waals surface area contributed by atoms with Crippen molar-refractivity contribution < 1.29 is 0 Å². The van der Waals surface area contributed by atoms with Crippen LogP contribution in [-0.4, -0.2) is 0 Å². The molecule has 0 N–H and O–H groups in total. The lowest BCUT2D eigenvalue weighted by Gasteiger charge is -2.03. The molecule has 70 valence electrons. The highest BCUT2D eigenvalue weighted by Crippen LogP contribution is 2.63. The molecular formula is C13H18. The van der Waals surface area contributed by atoms with E-state index in [2.05, 4.69) is 52.0 Å². The number of hydrogen-bond acceptors (Lipinski definition) is 0. The summed E-state index contributed by atoms with van der Waals surface area (Å²) in [6, 6.07) is 9.00. The van der Waals surface area contributed by atoms with Crippen LogP contribution in [0.3, 0.4) is 0 Å². The van der Waals surface area contributed by atoms with Gasteiger partial charge in [0.2, 0.25) is 0 Å². The average molecular weight is 174 g/mol. The van der Waals surface area contributed by atoms with Crippen LogP contribution in [0.1, 0.15) is 37.8 Å². The van der Waals surface area contributed by atoms with E-state index in [4.69, 9.17) is 0 Å². The highest BCUT2D eigenvalue weighted by atomic mass is 14.6. The zero-order valence-corrected chi connectivity index (χ0v) is 8.96. The minimum absolute atomic E-state index is 0.523. The molecule has 13 heavy (non-hydrogen) atoms. The van der Waals surface area contributed by atoms with Crippen LogP contribution in [0.5, 0.6) is 0 Å². The Balaban J connectivity index is 2.25. The SMILES string of the molecule is Cc1ccc([C@@H]2[C@H](C)C2(C)C)cc1. The Kier molecular flexibility index (Phi) is 1.76. The lowest BCUT2D eigenvalue weighted by Crippen LogP contribution is -1.89. The first kappa shape index (κ1) is 8.80. The van der Waals surface area contributed by atoms with Gasteiger partial charge in [0.15, 0.2) is 0 Å². The van der Waals surface area contributed by atoms with Crippen LogP contribution in [0.4, 0.5) is 0 Å². The number of rotatable bonds is 1. The third-order valence-corrected chi connectivity index (χ3v) is 3.80. The molecule has 0 unspecified atom stereocenters. The maximum Gasteiger partial charge on any atom is -0.00768 e. The van der Waals surface area contributed by atoms with E-state index >= 15 is 0 Å². The van der Waals surface area contributed by atoms with Crippen molar-refractivity contribution in [3.63, 3.8) is 0 Å². The van der Waals surface area contributed by atoms with Gasteiger partial charge in [-0.15, -0.1) is 0 Å². The molecular weight excluding hydrogens is 156 g/mol. The summed E-state index contributed by atoms with van der Waals surface area (Å²) in [6.07, 6.45) is 0. The molecule has 1 fully saturated rings. The van der Waals surface area contributed by atoms with Crippen LogP contribution >= 0.6 is 0 Å². The van der Waals surface area contributed by atoms with Crippen molar-refractivity contribution in [2.45, 2.75) is 33.6 Å². The summed E-state index contributed by atoms with van der Waals surface area (Å²) in [7, 11) is 0. The fourth-order valence-corrected chi connectivity index (χ4v) is 2.39. The maximum absolute atomic E-state index is 2.36. The van der Waals surface area contributed by atoms with Gasteiger partial charge in [0.05, 0.1) is 0 Å². The van der Waals surface area contributed by atoms with Gasteiger partial charge in [0.25, 0.3) is 0 Å². The second-order valence-corrected chi connectivity index (χ2v) is 5.00. The molecule has 2 atom stereocenters.